The Kier molecular flexibility index (Phi) is 12.5. The van der Waals surface area contributed by atoms with Crippen LogP contribution in [-0.4, -0.2) is 50.9 Å². The van der Waals surface area contributed by atoms with E-state index in [0.717, 1.165) is 48.3 Å². The van der Waals surface area contributed by atoms with Crippen LogP contribution in [0.3, 0.4) is 0 Å². The van der Waals surface area contributed by atoms with Crippen LogP contribution in [-0.2, 0) is 19.1 Å². The molecule has 0 N–H and O–H groups in total. The molecule has 0 saturated heterocycles. The van der Waals surface area contributed by atoms with Crippen LogP contribution in [0, 0.1) is 81.6 Å². The lowest BCUT2D eigenvalue weighted by Gasteiger charge is -2.56. The summed E-state index contributed by atoms with van der Waals surface area (Å²) in [5, 5.41) is 0.504. The molecule has 4 atom stereocenters. The number of Topliss-reactive ketones (excluding diaryl/α,β-unsaturated/α-hetero) is 2. The molecule has 12 heteroatoms. The number of carbonyl (C=O) groups excluding carboxylic acids is 4. The van der Waals surface area contributed by atoms with Gasteiger partial charge in [-0.05, 0) is 150 Å². The first-order valence-corrected chi connectivity index (χ1v) is 24.0. The van der Waals surface area contributed by atoms with Crippen molar-refractivity contribution in [1.29, 1.82) is 0 Å². The average molecular weight is 898 g/mol. The number of benzene rings is 2. The molecule has 2 aromatic rings. The van der Waals surface area contributed by atoms with Crippen molar-refractivity contribution in [3.05, 3.63) is 57.1 Å². The molecular weight excluding hydrogens is 837 g/mol. The van der Waals surface area contributed by atoms with Gasteiger partial charge in [0.25, 0.3) is 0 Å². The van der Waals surface area contributed by atoms with E-state index < -0.39 is 47.2 Å². The van der Waals surface area contributed by atoms with Crippen molar-refractivity contribution < 1.29 is 46.9 Å². The van der Waals surface area contributed by atoms with E-state index in [2.05, 4.69) is 0 Å². The summed E-state index contributed by atoms with van der Waals surface area (Å²) in [5.41, 5.74) is 0.266. The van der Waals surface area contributed by atoms with Crippen LogP contribution >= 0.6 is 23.2 Å². The lowest BCUT2D eigenvalue weighted by molar-refractivity contribution is -0.147. The van der Waals surface area contributed by atoms with E-state index in [-0.39, 0.29) is 43.6 Å². The minimum absolute atomic E-state index is 0.0621. The minimum atomic E-state index is -0.634. The molecule has 8 bridgehead atoms. The van der Waals surface area contributed by atoms with Gasteiger partial charge in [-0.2, -0.15) is 0 Å². The summed E-state index contributed by atoms with van der Waals surface area (Å²) in [5.74, 6) is 0.544. The third kappa shape index (κ3) is 8.66. The van der Waals surface area contributed by atoms with Crippen molar-refractivity contribution in [3.63, 3.8) is 0 Å². The fourth-order valence-electron chi connectivity index (χ4n) is 14.9. The summed E-state index contributed by atoms with van der Waals surface area (Å²) < 4.78 is 51.7. The van der Waals surface area contributed by atoms with Crippen molar-refractivity contribution in [3.8, 4) is 11.5 Å². The number of hydrogen-bond acceptors (Lipinski definition) is 8. The fourth-order valence-corrected chi connectivity index (χ4v) is 15.3. The zero-order valence-electron chi connectivity index (χ0n) is 36.0. The van der Waals surface area contributed by atoms with Crippen LogP contribution in [0.1, 0.15) is 136 Å². The van der Waals surface area contributed by atoms with Gasteiger partial charge in [0.15, 0.2) is 11.6 Å². The summed E-state index contributed by atoms with van der Waals surface area (Å²) in [4.78, 5) is 50.0. The largest absolute Gasteiger partial charge is 0.491 e. The molecule has 2 aromatic carbocycles. The van der Waals surface area contributed by atoms with Gasteiger partial charge < -0.3 is 18.9 Å². The summed E-state index contributed by atoms with van der Waals surface area (Å²) in [6.07, 6.45) is 19.1. The van der Waals surface area contributed by atoms with Crippen LogP contribution in [0.25, 0.3) is 0 Å². The summed E-state index contributed by atoms with van der Waals surface area (Å²) in [6.45, 7) is 1.13. The zero-order chi connectivity index (χ0) is 43.5. The van der Waals surface area contributed by atoms with Crippen LogP contribution < -0.4 is 9.47 Å². The number of carbonyl (C=O) groups is 4. The molecule has 8 nitrogen and oxygen atoms in total. The molecular formula is C50H60Cl2F2O8. The monoisotopic (exact) mass is 896 g/mol. The van der Waals surface area contributed by atoms with E-state index in [0.29, 0.717) is 50.4 Å². The fraction of sp³-hybridized carbons (Fsp3) is 0.680. The second kappa shape index (κ2) is 17.6. The van der Waals surface area contributed by atoms with Crippen molar-refractivity contribution in [2.75, 3.05) is 27.4 Å². The standard InChI is InChI=1S/2C25H30ClFO4/c2*1-30-24(29)18-4-2-3-17(18)23(28)19-8-20(26)22(9-21(19)27)31-13-25-10-14-5-15(11-25)7-16(6-14)12-25/h2*8-9,14-18H,2-7,10-13H2,1H3/t14?,15?,16?,17-,18+,25?;14?,15?,16?,17-,18-,25?/m01/s1. The maximum atomic E-state index is 15.0. The van der Waals surface area contributed by atoms with E-state index in [1.807, 2.05) is 0 Å². The molecule has 12 rings (SSSR count). The minimum Gasteiger partial charge on any atom is -0.491 e. The highest BCUT2D eigenvalue weighted by atomic mass is 35.5. The van der Waals surface area contributed by atoms with Gasteiger partial charge in [-0.1, -0.05) is 36.0 Å². The smallest absolute Gasteiger partial charge is 0.309 e. The third-order valence-electron chi connectivity index (χ3n) is 16.7. The van der Waals surface area contributed by atoms with Gasteiger partial charge in [0.1, 0.15) is 23.1 Å². The average Bonchev–Trinajstić information content (AvgIpc) is 3.94. The SMILES string of the molecule is COC(=O)[C@@H]1CCC[C@@H]1C(=O)c1cc(Cl)c(OCC23CC4CC(CC(C4)C2)C3)cc1F.COC(=O)[C@@H]1CCC[C@H]1C(=O)c1cc(Cl)c(OCC23CC4CC(CC(C4)C2)C3)cc1F. The number of esters is 2. The second-order valence-electron chi connectivity index (χ2n) is 21.0. The molecule has 10 aliphatic rings. The van der Waals surface area contributed by atoms with Gasteiger partial charge in [0.05, 0.1) is 60.4 Å². The van der Waals surface area contributed by atoms with Crippen molar-refractivity contribution in [2.24, 2.45) is 70.0 Å². The maximum Gasteiger partial charge on any atom is 0.309 e. The zero-order valence-corrected chi connectivity index (χ0v) is 37.5. The van der Waals surface area contributed by atoms with Crippen LogP contribution in [0.4, 0.5) is 8.78 Å². The van der Waals surface area contributed by atoms with Gasteiger partial charge in [0, 0.05) is 34.8 Å². The molecule has 0 amide bonds. The Hall–Kier alpha value is -3.24. The van der Waals surface area contributed by atoms with Gasteiger partial charge in [-0.3, -0.25) is 19.2 Å². The number of ether oxygens (including phenoxy) is 4. The first-order chi connectivity index (χ1) is 29.7. The number of hydrogen-bond donors (Lipinski definition) is 0. The Morgan fingerprint density at radius 3 is 1.15 bits per heavy atom. The Balaban J connectivity index is 0.000000158. The summed E-state index contributed by atoms with van der Waals surface area (Å²) >= 11 is 12.9. The predicted molar refractivity (Wildman–Crippen MR) is 229 cm³/mol. The number of ketones is 2. The van der Waals surface area contributed by atoms with Gasteiger partial charge in [-0.25, -0.2) is 8.78 Å². The topological polar surface area (TPSA) is 105 Å². The Morgan fingerprint density at radius 2 is 0.839 bits per heavy atom. The van der Waals surface area contributed by atoms with Crippen molar-refractivity contribution in [2.45, 2.75) is 116 Å². The molecule has 0 heterocycles. The number of rotatable bonds is 12. The predicted octanol–water partition coefficient (Wildman–Crippen LogP) is 11.7. The van der Waals surface area contributed by atoms with Crippen LogP contribution in [0.2, 0.25) is 10.0 Å². The normalized spacial score (nSPS) is 35.9. The van der Waals surface area contributed by atoms with Crippen LogP contribution in [0.5, 0.6) is 11.5 Å². The van der Waals surface area contributed by atoms with E-state index >= 15 is 0 Å². The molecule has 0 unspecified atom stereocenters. The second-order valence-corrected chi connectivity index (χ2v) is 21.8. The van der Waals surface area contributed by atoms with E-state index in [4.69, 9.17) is 42.1 Å². The first-order valence-electron chi connectivity index (χ1n) is 23.2. The molecule has 10 fully saturated rings. The first kappa shape index (κ1) is 44.0. The van der Waals surface area contributed by atoms with E-state index in [9.17, 15) is 28.0 Å². The lowest BCUT2D eigenvalue weighted by Crippen LogP contribution is -2.48. The highest BCUT2D eigenvalue weighted by Gasteiger charge is 2.53. The molecule has 0 aromatic heterocycles. The van der Waals surface area contributed by atoms with Gasteiger partial charge >= 0.3 is 11.9 Å². The summed E-state index contributed by atoms with van der Waals surface area (Å²) in [6, 6.07) is 5.25. The highest BCUT2D eigenvalue weighted by molar-refractivity contribution is 6.33. The van der Waals surface area contributed by atoms with Gasteiger partial charge in [0.2, 0.25) is 0 Å². The van der Waals surface area contributed by atoms with Crippen LogP contribution in [0.15, 0.2) is 24.3 Å². The summed E-state index contributed by atoms with van der Waals surface area (Å²) in [7, 11) is 2.63. The molecule has 0 aliphatic heterocycles. The molecule has 0 radical (unpaired) electrons. The van der Waals surface area contributed by atoms with Crippen molar-refractivity contribution in [1.82, 2.24) is 0 Å². The van der Waals surface area contributed by atoms with E-state index in [1.54, 1.807) is 0 Å². The molecule has 0 spiro atoms. The Bertz CT molecular complexity index is 1870. The Morgan fingerprint density at radius 1 is 0.532 bits per heavy atom. The third-order valence-corrected chi connectivity index (χ3v) is 17.3. The lowest BCUT2D eigenvalue weighted by atomic mass is 9.50. The Labute approximate surface area is 373 Å². The van der Waals surface area contributed by atoms with Crippen molar-refractivity contribution >= 4 is 46.7 Å². The molecule has 336 valence electrons. The quantitative estimate of drug-likeness (QED) is 0.153. The van der Waals surface area contributed by atoms with Gasteiger partial charge in [-0.15, -0.1) is 0 Å². The molecule has 62 heavy (non-hydrogen) atoms. The maximum absolute atomic E-state index is 15.0. The highest BCUT2D eigenvalue weighted by Crippen LogP contribution is 2.61. The molecule has 10 aliphatic carbocycles. The number of halogens is 4. The number of methoxy groups -OCH3 is 2. The van der Waals surface area contributed by atoms with E-state index in [1.165, 1.54) is 116 Å². The molecule has 10 saturated carbocycles.